The molecule has 0 saturated carbocycles. The van der Waals surface area contributed by atoms with Gasteiger partial charge < -0.3 is 19.5 Å². The van der Waals surface area contributed by atoms with Crippen LogP contribution in [0.4, 0.5) is 5.69 Å². The van der Waals surface area contributed by atoms with Crippen molar-refractivity contribution in [3.63, 3.8) is 0 Å². The standard InChI is InChI=1S/C24H28N2O6S/c1-33(29,30)25-17-6-7-21-19(10-17)20-11-18(31-22(14-27)24(20)32-21)12-23(28)26-9-8-15-4-2-3-5-16(15)13-26/h2-7,10,18,20,22,24-25,27H,8-9,11-14H2,1H3/t18-,20+,22-,24-/m0/s1. The van der Waals surface area contributed by atoms with E-state index in [-0.39, 0.29) is 37.1 Å². The third kappa shape index (κ3) is 4.58. The summed E-state index contributed by atoms with van der Waals surface area (Å²) in [6.45, 7) is 1.07. The van der Waals surface area contributed by atoms with Crippen molar-refractivity contribution in [3.8, 4) is 5.75 Å². The summed E-state index contributed by atoms with van der Waals surface area (Å²) in [4.78, 5) is 15.0. The van der Waals surface area contributed by atoms with Crippen LogP contribution in [0.3, 0.4) is 0 Å². The molecular weight excluding hydrogens is 444 g/mol. The predicted molar refractivity (Wildman–Crippen MR) is 123 cm³/mol. The molecule has 0 radical (unpaired) electrons. The van der Waals surface area contributed by atoms with Crippen LogP contribution >= 0.6 is 0 Å². The lowest BCUT2D eigenvalue weighted by Gasteiger charge is -2.38. The SMILES string of the molecule is CS(=O)(=O)Nc1ccc2c(c1)[C@H]1C[C@@H](CC(=O)N3CCc4ccccc4C3)O[C@@H](CO)[C@H]1O2. The topological polar surface area (TPSA) is 105 Å². The minimum atomic E-state index is -3.41. The zero-order valence-electron chi connectivity index (χ0n) is 18.4. The molecule has 2 N–H and O–H groups in total. The third-order valence-corrected chi connectivity index (χ3v) is 7.29. The van der Waals surface area contributed by atoms with Gasteiger partial charge in [0.25, 0.3) is 0 Å². The lowest BCUT2D eigenvalue weighted by atomic mass is 9.84. The van der Waals surface area contributed by atoms with Gasteiger partial charge in [0.05, 0.1) is 25.4 Å². The Morgan fingerprint density at radius 1 is 1.21 bits per heavy atom. The molecule has 1 fully saturated rings. The van der Waals surface area contributed by atoms with Crippen LogP contribution in [-0.4, -0.2) is 62.1 Å². The van der Waals surface area contributed by atoms with E-state index >= 15 is 0 Å². The average Bonchev–Trinajstić information content (AvgIpc) is 3.15. The van der Waals surface area contributed by atoms with Crippen molar-refractivity contribution in [2.45, 2.75) is 50.0 Å². The number of nitrogens with zero attached hydrogens (tertiary/aromatic N) is 1. The number of fused-ring (bicyclic) bond motifs is 4. The number of amides is 1. The van der Waals surface area contributed by atoms with E-state index in [1.807, 2.05) is 17.0 Å². The van der Waals surface area contributed by atoms with E-state index < -0.39 is 16.1 Å². The number of sulfonamides is 1. The monoisotopic (exact) mass is 472 g/mol. The second-order valence-electron chi connectivity index (χ2n) is 9.07. The summed E-state index contributed by atoms with van der Waals surface area (Å²) in [7, 11) is -3.41. The first-order valence-electron chi connectivity index (χ1n) is 11.2. The second-order valence-corrected chi connectivity index (χ2v) is 10.8. The highest BCUT2D eigenvalue weighted by molar-refractivity contribution is 7.92. The quantitative estimate of drug-likeness (QED) is 0.690. The van der Waals surface area contributed by atoms with Crippen molar-refractivity contribution < 1.29 is 27.8 Å². The molecule has 33 heavy (non-hydrogen) atoms. The number of carbonyl (C=O) groups excluding carboxylic acids is 1. The fourth-order valence-corrected chi connectivity index (χ4v) is 5.75. The van der Waals surface area contributed by atoms with Crippen molar-refractivity contribution >= 4 is 21.6 Å². The highest BCUT2D eigenvalue weighted by atomic mass is 32.2. The number of anilines is 1. The van der Waals surface area contributed by atoms with Crippen LogP contribution in [0, 0.1) is 0 Å². The minimum absolute atomic E-state index is 0.0382. The maximum absolute atomic E-state index is 13.1. The summed E-state index contributed by atoms with van der Waals surface area (Å²) in [6, 6.07) is 13.4. The number of nitrogens with one attached hydrogen (secondary N) is 1. The van der Waals surface area contributed by atoms with E-state index in [1.165, 1.54) is 11.1 Å². The van der Waals surface area contributed by atoms with Gasteiger partial charge in [0.15, 0.2) is 0 Å². The fourth-order valence-electron chi connectivity index (χ4n) is 5.20. The van der Waals surface area contributed by atoms with Crippen molar-refractivity contribution in [1.82, 2.24) is 4.90 Å². The summed E-state index contributed by atoms with van der Waals surface area (Å²) < 4.78 is 37.9. The number of benzene rings is 2. The first-order valence-corrected chi connectivity index (χ1v) is 13.1. The Kier molecular flexibility index (Phi) is 5.80. The molecule has 3 aliphatic heterocycles. The van der Waals surface area contributed by atoms with Gasteiger partial charge in [0, 0.05) is 30.3 Å². The van der Waals surface area contributed by atoms with E-state index in [0.717, 1.165) is 18.2 Å². The number of carbonyl (C=O) groups is 1. The van der Waals surface area contributed by atoms with Crippen LogP contribution in [0.5, 0.6) is 5.75 Å². The van der Waals surface area contributed by atoms with Crippen LogP contribution in [0.15, 0.2) is 42.5 Å². The van der Waals surface area contributed by atoms with Gasteiger partial charge >= 0.3 is 0 Å². The van der Waals surface area contributed by atoms with Crippen molar-refractivity contribution in [3.05, 3.63) is 59.2 Å². The van der Waals surface area contributed by atoms with Gasteiger partial charge in [0.2, 0.25) is 15.9 Å². The molecule has 176 valence electrons. The molecule has 4 atom stereocenters. The Morgan fingerprint density at radius 3 is 2.76 bits per heavy atom. The van der Waals surface area contributed by atoms with E-state index in [2.05, 4.69) is 16.9 Å². The molecule has 0 bridgehead atoms. The zero-order chi connectivity index (χ0) is 23.2. The van der Waals surface area contributed by atoms with Crippen molar-refractivity contribution in [2.75, 3.05) is 24.1 Å². The number of aliphatic hydroxyl groups excluding tert-OH is 1. The Balaban J connectivity index is 1.31. The second kappa shape index (κ2) is 8.62. The molecule has 2 aromatic carbocycles. The maximum atomic E-state index is 13.1. The van der Waals surface area contributed by atoms with Gasteiger partial charge in [-0.3, -0.25) is 9.52 Å². The third-order valence-electron chi connectivity index (χ3n) is 6.69. The number of hydrogen-bond donors (Lipinski definition) is 2. The molecular formula is C24H28N2O6S. The number of hydrogen-bond acceptors (Lipinski definition) is 6. The number of ether oxygens (including phenoxy) is 2. The molecule has 5 rings (SSSR count). The molecule has 1 saturated heterocycles. The Bertz CT molecular complexity index is 1170. The van der Waals surface area contributed by atoms with Crippen LogP contribution in [0.2, 0.25) is 0 Å². The predicted octanol–water partition coefficient (Wildman–Crippen LogP) is 2.03. The maximum Gasteiger partial charge on any atom is 0.229 e. The summed E-state index contributed by atoms with van der Waals surface area (Å²) in [5, 5.41) is 9.94. The molecule has 3 aliphatic rings. The number of aliphatic hydroxyl groups is 1. The molecule has 2 aromatic rings. The van der Waals surface area contributed by atoms with Crippen molar-refractivity contribution in [2.24, 2.45) is 0 Å². The lowest BCUT2D eigenvalue weighted by Crippen LogP contribution is -2.48. The highest BCUT2D eigenvalue weighted by Crippen LogP contribution is 2.47. The summed E-state index contributed by atoms with van der Waals surface area (Å²) in [5.41, 5.74) is 3.81. The zero-order valence-corrected chi connectivity index (χ0v) is 19.3. The molecule has 0 aromatic heterocycles. The summed E-state index contributed by atoms with van der Waals surface area (Å²) in [6.07, 6.45) is 1.47. The largest absolute Gasteiger partial charge is 0.487 e. The molecule has 8 nitrogen and oxygen atoms in total. The first-order chi connectivity index (χ1) is 15.8. The van der Waals surface area contributed by atoms with E-state index in [9.17, 15) is 18.3 Å². The van der Waals surface area contributed by atoms with Gasteiger partial charge in [-0.15, -0.1) is 0 Å². The molecule has 3 heterocycles. The van der Waals surface area contributed by atoms with Gasteiger partial charge in [-0.1, -0.05) is 24.3 Å². The van der Waals surface area contributed by atoms with Crippen molar-refractivity contribution in [1.29, 1.82) is 0 Å². The Labute approximate surface area is 193 Å². The van der Waals surface area contributed by atoms with E-state index in [0.29, 0.717) is 30.9 Å². The Hall–Kier alpha value is -2.62. The van der Waals surface area contributed by atoms with Gasteiger partial charge in [-0.2, -0.15) is 0 Å². The van der Waals surface area contributed by atoms with E-state index in [4.69, 9.17) is 9.47 Å². The Morgan fingerprint density at radius 2 is 2.00 bits per heavy atom. The summed E-state index contributed by atoms with van der Waals surface area (Å²) in [5.74, 6) is 0.606. The van der Waals surface area contributed by atoms with Crippen LogP contribution in [0.1, 0.15) is 35.4 Å². The molecule has 0 aliphatic carbocycles. The van der Waals surface area contributed by atoms with E-state index in [1.54, 1.807) is 18.2 Å². The van der Waals surface area contributed by atoms with Crippen LogP contribution < -0.4 is 9.46 Å². The lowest BCUT2D eigenvalue weighted by molar-refractivity contribution is -0.149. The van der Waals surface area contributed by atoms with Gasteiger partial charge in [-0.05, 0) is 42.2 Å². The minimum Gasteiger partial charge on any atom is -0.487 e. The summed E-state index contributed by atoms with van der Waals surface area (Å²) >= 11 is 0. The normalized spacial score (nSPS) is 26.1. The fraction of sp³-hybridized carbons (Fsp3) is 0.458. The number of rotatable bonds is 5. The van der Waals surface area contributed by atoms with Crippen LogP contribution in [-0.2, 0) is 32.5 Å². The molecule has 0 unspecified atom stereocenters. The molecule has 0 spiro atoms. The van der Waals surface area contributed by atoms with Gasteiger partial charge in [-0.25, -0.2) is 8.42 Å². The van der Waals surface area contributed by atoms with Gasteiger partial charge in [0.1, 0.15) is 18.0 Å². The molecule has 9 heteroatoms. The molecule has 1 amide bonds. The highest BCUT2D eigenvalue weighted by Gasteiger charge is 2.46. The average molecular weight is 473 g/mol. The van der Waals surface area contributed by atoms with Crippen LogP contribution in [0.25, 0.3) is 0 Å². The smallest absolute Gasteiger partial charge is 0.229 e. The first kappa shape index (κ1) is 22.2.